The maximum atomic E-state index is 3.48. The van der Waals surface area contributed by atoms with E-state index in [1.807, 2.05) is 0 Å². The highest BCUT2D eigenvalue weighted by atomic mass is 15.1. The van der Waals surface area contributed by atoms with E-state index in [0.717, 1.165) is 6.54 Å². The highest BCUT2D eigenvalue weighted by Gasteiger charge is 2.12. The van der Waals surface area contributed by atoms with Crippen LogP contribution in [0.5, 0.6) is 0 Å². The fourth-order valence-electron chi connectivity index (χ4n) is 2.46. The van der Waals surface area contributed by atoms with E-state index in [0.29, 0.717) is 12.1 Å². The molecule has 0 fully saturated rings. The maximum Gasteiger partial charge on any atom is 0.0368 e. The van der Waals surface area contributed by atoms with Gasteiger partial charge >= 0.3 is 0 Å². The van der Waals surface area contributed by atoms with E-state index in [4.69, 9.17) is 0 Å². The van der Waals surface area contributed by atoms with Crippen molar-refractivity contribution >= 4 is 5.69 Å². The standard InChI is InChI=1S/C17H30N2/c1-7-16(8-2)19(6)17-10-9-15(14(5)11-17)12-18-13(3)4/h9-11,13,16,18H,7-8,12H2,1-6H3. The van der Waals surface area contributed by atoms with E-state index in [-0.39, 0.29) is 0 Å². The molecule has 1 aromatic carbocycles. The number of hydrogen-bond acceptors (Lipinski definition) is 2. The molecular formula is C17H30N2. The molecule has 1 rings (SSSR count). The zero-order chi connectivity index (χ0) is 14.4. The molecule has 0 aliphatic carbocycles. The summed E-state index contributed by atoms with van der Waals surface area (Å²) >= 11 is 0. The van der Waals surface area contributed by atoms with Crippen molar-refractivity contribution in [2.45, 2.75) is 66.1 Å². The molecule has 1 N–H and O–H groups in total. The molecule has 0 aliphatic heterocycles. The van der Waals surface area contributed by atoms with Gasteiger partial charge in [-0.25, -0.2) is 0 Å². The van der Waals surface area contributed by atoms with Gasteiger partial charge in [0.1, 0.15) is 0 Å². The number of nitrogens with one attached hydrogen (secondary N) is 1. The summed E-state index contributed by atoms with van der Waals surface area (Å²) in [7, 11) is 2.21. The highest BCUT2D eigenvalue weighted by molar-refractivity contribution is 5.51. The third-order valence-corrected chi connectivity index (χ3v) is 3.92. The van der Waals surface area contributed by atoms with Crippen molar-refractivity contribution in [3.63, 3.8) is 0 Å². The molecule has 0 aliphatic rings. The molecule has 0 aromatic heterocycles. The summed E-state index contributed by atoms with van der Waals surface area (Å²) in [6.45, 7) is 12.1. The third-order valence-electron chi connectivity index (χ3n) is 3.92. The average Bonchev–Trinajstić information content (AvgIpc) is 2.38. The lowest BCUT2D eigenvalue weighted by Crippen LogP contribution is -2.30. The zero-order valence-electron chi connectivity index (χ0n) is 13.5. The van der Waals surface area contributed by atoms with Gasteiger partial charge in [-0.15, -0.1) is 0 Å². The summed E-state index contributed by atoms with van der Waals surface area (Å²) in [4.78, 5) is 2.41. The molecular weight excluding hydrogens is 232 g/mol. The van der Waals surface area contributed by atoms with Gasteiger partial charge in [-0.2, -0.15) is 0 Å². The van der Waals surface area contributed by atoms with Gasteiger partial charge < -0.3 is 10.2 Å². The Labute approximate surface area is 119 Å². The van der Waals surface area contributed by atoms with Crippen LogP contribution in [0.1, 0.15) is 51.7 Å². The molecule has 0 bridgehead atoms. The highest BCUT2D eigenvalue weighted by Crippen LogP contribution is 2.22. The predicted molar refractivity (Wildman–Crippen MR) is 85.9 cm³/mol. The smallest absolute Gasteiger partial charge is 0.0368 e. The van der Waals surface area contributed by atoms with Crippen molar-refractivity contribution in [1.29, 1.82) is 0 Å². The quantitative estimate of drug-likeness (QED) is 0.795. The monoisotopic (exact) mass is 262 g/mol. The number of anilines is 1. The molecule has 19 heavy (non-hydrogen) atoms. The largest absolute Gasteiger partial charge is 0.372 e. The first-order valence-electron chi connectivity index (χ1n) is 7.55. The van der Waals surface area contributed by atoms with E-state index in [1.165, 1.54) is 29.7 Å². The number of hydrogen-bond donors (Lipinski definition) is 1. The van der Waals surface area contributed by atoms with Crippen LogP contribution < -0.4 is 10.2 Å². The van der Waals surface area contributed by atoms with Crippen molar-refractivity contribution in [2.24, 2.45) is 0 Å². The number of aryl methyl sites for hydroxylation is 1. The van der Waals surface area contributed by atoms with Crippen LogP contribution in [-0.2, 0) is 6.54 Å². The summed E-state index contributed by atoms with van der Waals surface area (Å²) in [5, 5.41) is 3.48. The zero-order valence-corrected chi connectivity index (χ0v) is 13.5. The molecule has 108 valence electrons. The number of nitrogens with zero attached hydrogens (tertiary/aromatic N) is 1. The first-order chi connectivity index (χ1) is 8.99. The molecule has 0 unspecified atom stereocenters. The summed E-state index contributed by atoms with van der Waals surface area (Å²) < 4.78 is 0. The van der Waals surface area contributed by atoms with E-state index < -0.39 is 0 Å². The predicted octanol–water partition coefficient (Wildman–Crippen LogP) is 4.12. The molecule has 1 aromatic rings. The Morgan fingerprint density at radius 2 is 1.79 bits per heavy atom. The molecule has 0 atom stereocenters. The topological polar surface area (TPSA) is 15.3 Å². The minimum Gasteiger partial charge on any atom is -0.372 e. The van der Waals surface area contributed by atoms with Crippen molar-refractivity contribution in [3.8, 4) is 0 Å². The molecule has 0 saturated carbocycles. The second-order valence-corrected chi connectivity index (χ2v) is 5.73. The molecule has 2 heteroatoms. The van der Waals surface area contributed by atoms with Gasteiger partial charge in [-0.3, -0.25) is 0 Å². The van der Waals surface area contributed by atoms with Gasteiger partial charge in [0, 0.05) is 31.4 Å². The van der Waals surface area contributed by atoms with Crippen LogP contribution in [0, 0.1) is 6.92 Å². The first kappa shape index (κ1) is 16.0. The third kappa shape index (κ3) is 4.54. The van der Waals surface area contributed by atoms with E-state index >= 15 is 0 Å². The van der Waals surface area contributed by atoms with Crippen LogP contribution in [0.3, 0.4) is 0 Å². The summed E-state index contributed by atoms with van der Waals surface area (Å²) in [6, 6.07) is 8.00. The Morgan fingerprint density at radius 1 is 1.16 bits per heavy atom. The van der Waals surface area contributed by atoms with Gasteiger partial charge in [0.05, 0.1) is 0 Å². The maximum absolute atomic E-state index is 3.48. The van der Waals surface area contributed by atoms with E-state index in [1.54, 1.807) is 0 Å². The van der Waals surface area contributed by atoms with Gasteiger partial charge in [0.15, 0.2) is 0 Å². The van der Waals surface area contributed by atoms with Gasteiger partial charge in [0.25, 0.3) is 0 Å². The summed E-state index contributed by atoms with van der Waals surface area (Å²) in [6.07, 6.45) is 2.39. The minimum absolute atomic E-state index is 0.534. The Balaban J connectivity index is 2.81. The van der Waals surface area contributed by atoms with Crippen LogP contribution in [0.15, 0.2) is 18.2 Å². The number of rotatable bonds is 7. The van der Waals surface area contributed by atoms with Gasteiger partial charge in [0.2, 0.25) is 0 Å². The lowest BCUT2D eigenvalue weighted by atomic mass is 10.1. The lowest BCUT2D eigenvalue weighted by molar-refractivity contribution is 0.585. The minimum atomic E-state index is 0.534. The summed E-state index contributed by atoms with van der Waals surface area (Å²) in [5.41, 5.74) is 4.11. The van der Waals surface area contributed by atoms with Crippen LogP contribution in [0.25, 0.3) is 0 Å². The second-order valence-electron chi connectivity index (χ2n) is 5.73. The molecule has 0 spiro atoms. The lowest BCUT2D eigenvalue weighted by Gasteiger charge is -2.29. The molecule has 0 heterocycles. The van der Waals surface area contributed by atoms with Gasteiger partial charge in [-0.05, 0) is 43.0 Å². The van der Waals surface area contributed by atoms with Crippen LogP contribution >= 0.6 is 0 Å². The first-order valence-corrected chi connectivity index (χ1v) is 7.55. The molecule has 2 nitrogen and oxygen atoms in total. The van der Waals surface area contributed by atoms with E-state index in [9.17, 15) is 0 Å². The fraction of sp³-hybridized carbons (Fsp3) is 0.647. The van der Waals surface area contributed by atoms with Crippen molar-refractivity contribution in [1.82, 2.24) is 5.32 Å². The molecule has 0 saturated heterocycles. The Bertz CT molecular complexity index is 381. The molecule has 0 radical (unpaired) electrons. The SMILES string of the molecule is CCC(CC)N(C)c1ccc(CNC(C)C)c(C)c1. The normalized spacial score (nSPS) is 11.4. The van der Waals surface area contributed by atoms with Crippen molar-refractivity contribution < 1.29 is 0 Å². The van der Waals surface area contributed by atoms with Gasteiger partial charge in [-0.1, -0.05) is 33.8 Å². The summed E-state index contributed by atoms with van der Waals surface area (Å²) in [5.74, 6) is 0. The van der Waals surface area contributed by atoms with Crippen LogP contribution in [0.2, 0.25) is 0 Å². The fourth-order valence-corrected chi connectivity index (χ4v) is 2.46. The number of benzene rings is 1. The Hall–Kier alpha value is -1.02. The second kappa shape index (κ2) is 7.54. The van der Waals surface area contributed by atoms with Crippen LogP contribution in [0.4, 0.5) is 5.69 Å². The van der Waals surface area contributed by atoms with Crippen molar-refractivity contribution in [2.75, 3.05) is 11.9 Å². The van der Waals surface area contributed by atoms with Crippen LogP contribution in [-0.4, -0.2) is 19.1 Å². The Kier molecular flexibility index (Phi) is 6.36. The Morgan fingerprint density at radius 3 is 2.26 bits per heavy atom. The molecule has 0 amide bonds. The van der Waals surface area contributed by atoms with E-state index in [2.05, 4.69) is 70.1 Å². The average molecular weight is 262 g/mol. The van der Waals surface area contributed by atoms with Crippen molar-refractivity contribution in [3.05, 3.63) is 29.3 Å².